The summed E-state index contributed by atoms with van der Waals surface area (Å²) in [6.07, 6.45) is 3.64. The van der Waals surface area contributed by atoms with E-state index in [4.69, 9.17) is 0 Å². The number of hydrogen-bond donors (Lipinski definition) is 0. The van der Waals surface area contributed by atoms with Crippen LogP contribution in [0.4, 0.5) is 5.69 Å². The molecule has 1 aliphatic heterocycles. The Kier molecular flexibility index (Phi) is 4.23. The van der Waals surface area contributed by atoms with E-state index >= 15 is 0 Å². The Morgan fingerprint density at radius 2 is 1.76 bits per heavy atom. The zero-order valence-corrected chi connectivity index (χ0v) is 15.2. The third kappa shape index (κ3) is 2.80. The number of pyridine rings is 1. The lowest BCUT2D eigenvalue weighted by molar-refractivity contribution is 0.566. The van der Waals surface area contributed by atoms with Gasteiger partial charge in [0.05, 0.1) is 12.2 Å². The van der Waals surface area contributed by atoms with Gasteiger partial charge in [-0.1, -0.05) is 59.7 Å². The molecular formula is C19H15N3OSSi. The number of rotatable bonds is 4. The minimum atomic E-state index is -2.71. The molecule has 0 spiro atoms. The van der Waals surface area contributed by atoms with Crippen LogP contribution in [0.5, 0.6) is 0 Å². The maximum atomic E-state index is 11.4. The van der Waals surface area contributed by atoms with Crippen LogP contribution in [0.15, 0.2) is 88.5 Å². The quantitative estimate of drug-likeness (QED) is 0.406. The van der Waals surface area contributed by atoms with Gasteiger partial charge in [0, 0.05) is 16.8 Å². The highest BCUT2D eigenvalue weighted by atomic mass is 32.4. The summed E-state index contributed by atoms with van der Waals surface area (Å²) < 4.78 is 6.67. The fourth-order valence-electron chi connectivity index (χ4n) is 3.06. The van der Waals surface area contributed by atoms with Gasteiger partial charge in [-0.05, 0) is 29.5 Å². The number of aromatic nitrogens is 1. The number of isocyanates is 1. The second-order valence-corrected chi connectivity index (χ2v) is 11.2. The van der Waals surface area contributed by atoms with Gasteiger partial charge in [-0.3, -0.25) is 4.98 Å². The summed E-state index contributed by atoms with van der Waals surface area (Å²) in [6.45, 7) is 0.608. The molecule has 6 heteroatoms. The molecule has 0 radical (unpaired) electrons. The molecule has 122 valence electrons. The third-order valence-corrected chi connectivity index (χ3v) is 10.8. The molecule has 1 aromatic heterocycles. The molecule has 1 aliphatic rings. The van der Waals surface area contributed by atoms with Crippen molar-refractivity contribution >= 4 is 35.7 Å². The summed E-state index contributed by atoms with van der Waals surface area (Å²) in [4.78, 5) is 17.0. The van der Waals surface area contributed by atoms with Crippen LogP contribution in [-0.2, 0) is 11.3 Å². The molecule has 1 atom stereocenters. The fraction of sp³-hybridized carbons (Fsp3) is 0.0526. The van der Waals surface area contributed by atoms with Gasteiger partial charge < -0.3 is 4.57 Å². The van der Waals surface area contributed by atoms with Gasteiger partial charge in [0.15, 0.2) is 0 Å². The SMILES string of the molecule is O=C=N[Si]1(c2ccccc2)Sc2ccccc2N1Cc1ccccn1. The monoisotopic (exact) mass is 361 g/mol. The normalized spacial score (nSPS) is 18.5. The minimum Gasteiger partial charge on any atom is -0.361 e. The van der Waals surface area contributed by atoms with Crippen molar-refractivity contribution in [2.45, 2.75) is 11.4 Å². The maximum Gasteiger partial charge on any atom is 0.399 e. The van der Waals surface area contributed by atoms with Crippen LogP contribution < -0.4 is 9.75 Å². The van der Waals surface area contributed by atoms with Gasteiger partial charge in [-0.25, -0.2) is 9.45 Å². The van der Waals surface area contributed by atoms with E-state index < -0.39 is 7.55 Å². The molecule has 0 saturated heterocycles. The minimum absolute atomic E-state index is 0.608. The van der Waals surface area contributed by atoms with Crippen molar-refractivity contribution in [3.8, 4) is 0 Å². The van der Waals surface area contributed by atoms with Crippen LogP contribution in [0.3, 0.4) is 0 Å². The average Bonchev–Trinajstić information content (AvgIpc) is 2.98. The van der Waals surface area contributed by atoms with Crippen LogP contribution in [0.25, 0.3) is 0 Å². The highest BCUT2D eigenvalue weighted by Gasteiger charge is 2.51. The van der Waals surface area contributed by atoms with Gasteiger partial charge >= 0.3 is 7.55 Å². The lowest BCUT2D eigenvalue weighted by Gasteiger charge is -2.32. The van der Waals surface area contributed by atoms with Crippen molar-refractivity contribution in [3.05, 3.63) is 84.7 Å². The van der Waals surface area contributed by atoms with Gasteiger partial charge in [0.2, 0.25) is 6.08 Å². The Balaban J connectivity index is 1.88. The number of fused-ring (bicyclic) bond motifs is 1. The van der Waals surface area contributed by atoms with Gasteiger partial charge in [-0.15, -0.1) is 0 Å². The van der Waals surface area contributed by atoms with Crippen molar-refractivity contribution in [2.24, 2.45) is 4.66 Å². The first-order valence-corrected chi connectivity index (χ1v) is 11.4. The Labute approximate surface area is 151 Å². The van der Waals surface area contributed by atoms with Crippen LogP contribution >= 0.6 is 11.2 Å². The second kappa shape index (κ2) is 6.68. The van der Waals surface area contributed by atoms with Gasteiger partial charge in [0.1, 0.15) is 0 Å². The van der Waals surface area contributed by atoms with Crippen LogP contribution in [0.2, 0.25) is 0 Å². The smallest absolute Gasteiger partial charge is 0.361 e. The third-order valence-electron chi connectivity index (χ3n) is 4.17. The molecule has 0 aliphatic carbocycles. The van der Waals surface area contributed by atoms with E-state index in [0.717, 1.165) is 21.5 Å². The largest absolute Gasteiger partial charge is 0.399 e. The van der Waals surface area contributed by atoms with E-state index in [1.54, 1.807) is 17.4 Å². The van der Waals surface area contributed by atoms with Crippen molar-refractivity contribution in [1.82, 2.24) is 4.98 Å². The standard InChI is InChI=1S/C19H15N3OSSi/c23-15-21-25(17-9-2-1-3-10-17)22(14-16-8-6-7-13-20-16)18-11-4-5-12-19(18)24-25/h1-13H,14H2. The number of hydrogen-bond acceptors (Lipinski definition) is 5. The highest BCUT2D eigenvalue weighted by Crippen LogP contribution is 2.48. The Hall–Kier alpha value is -2.66. The van der Waals surface area contributed by atoms with Crippen molar-refractivity contribution in [1.29, 1.82) is 0 Å². The molecule has 0 fully saturated rings. The molecule has 0 bridgehead atoms. The first kappa shape index (κ1) is 15.8. The summed E-state index contributed by atoms with van der Waals surface area (Å²) in [5.41, 5.74) is 2.06. The topological polar surface area (TPSA) is 45.6 Å². The summed E-state index contributed by atoms with van der Waals surface area (Å²) in [5.74, 6) is 0. The summed E-state index contributed by atoms with van der Waals surface area (Å²) in [7, 11) is -2.71. The van der Waals surface area contributed by atoms with Crippen molar-refractivity contribution < 1.29 is 4.79 Å². The lowest BCUT2D eigenvalue weighted by Crippen LogP contribution is -2.56. The average molecular weight is 362 g/mol. The van der Waals surface area contributed by atoms with E-state index in [1.807, 2.05) is 54.6 Å². The number of anilines is 1. The van der Waals surface area contributed by atoms with Crippen LogP contribution in [0, 0.1) is 0 Å². The Morgan fingerprint density at radius 1 is 1.00 bits per heavy atom. The molecular weight excluding hydrogens is 346 g/mol. The van der Waals surface area contributed by atoms with Gasteiger partial charge in [0.25, 0.3) is 0 Å². The Morgan fingerprint density at radius 3 is 2.52 bits per heavy atom. The zero-order valence-electron chi connectivity index (χ0n) is 13.4. The first-order chi connectivity index (χ1) is 12.3. The maximum absolute atomic E-state index is 11.4. The Bertz CT molecular complexity index is 932. The van der Waals surface area contributed by atoms with Crippen molar-refractivity contribution in [3.63, 3.8) is 0 Å². The molecule has 0 amide bonds. The van der Waals surface area contributed by atoms with E-state index in [-0.39, 0.29) is 0 Å². The molecule has 0 N–H and O–H groups in total. The summed E-state index contributed by atoms with van der Waals surface area (Å²) in [6, 6.07) is 24.2. The molecule has 25 heavy (non-hydrogen) atoms. The van der Waals surface area contributed by atoms with Crippen LogP contribution in [0.1, 0.15) is 5.69 Å². The van der Waals surface area contributed by atoms with E-state index in [2.05, 4.69) is 38.5 Å². The molecule has 0 saturated carbocycles. The lowest BCUT2D eigenvalue weighted by atomic mass is 10.3. The van der Waals surface area contributed by atoms with Crippen molar-refractivity contribution in [2.75, 3.05) is 4.57 Å². The van der Waals surface area contributed by atoms with Crippen LogP contribution in [-0.4, -0.2) is 18.6 Å². The van der Waals surface area contributed by atoms with E-state index in [1.165, 1.54) is 0 Å². The second-order valence-electron chi connectivity index (χ2n) is 5.65. The number of nitrogens with zero attached hydrogens (tertiary/aromatic N) is 3. The predicted molar refractivity (Wildman–Crippen MR) is 103 cm³/mol. The number of carbonyl (C=O) groups excluding carboxylic acids is 1. The molecule has 3 aromatic rings. The number of para-hydroxylation sites is 1. The number of benzene rings is 2. The first-order valence-electron chi connectivity index (χ1n) is 7.94. The molecule has 4 rings (SSSR count). The van der Waals surface area contributed by atoms with E-state index in [0.29, 0.717) is 6.54 Å². The molecule has 1 unspecified atom stereocenters. The molecule has 2 heterocycles. The summed E-state index contributed by atoms with van der Waals surface area (Å²) in [5, 5.41) is 1.08. The molecule has 2 aromatic carbocycles. The highest BCUT2D eigenvalue weighted by molar-refractivity contribution is 8.31. The predicted octanol–water partition coefficient (Wildman–Crippen LogP) is 3.38. The van der Waals surface area contributed by atoms with E-state index in [9.17, 15) is 4.79 Å². The zero-order chi connectivity index (χ0) is 17.1. The molecule has 4 nitrogen and oxygen atoms in total. The summed E-state index contributed by atoms with van der Waals surface area (Å²) >= 11 is 1.70. The van der Waals surface area contributed by atoms with Gasteiger partial charge in [-0.2, -0.15) is 0 Å². The fourth-order valence-corrected chi connectivity index (χ4v) is 9.63.